The van der Waals surface area contributed by atoms with Crippen LogP contribution in [-0.2, 0) is 11.2 Å². The molecule has 0 aromatic carbocycles. The maximum absolute atomic E-state index is 11.5. The summed E-state index contributed by atoms with van der Waals surface area (Å²) >= 11 is 1.39. The lowest BCUT2D eigenvalue weighted by Gasteiger charge is -2.16. The van der Waals surface area contributed by atoms with Crippen molar-refractivity contribution in [2.24, 2.45) is 5.73 Å². The Hall–Kier alpha value is -1.01. The molecule has 0 saturated heterocycles. The van der Waals surface area contributed by atoms with Gasteiger partial charge in [-0.05, 0) is 20.3 Å². The Morgan fingerprint density at radius 1 is 1.53 bits per heavy atom. The number of aromatic nitrogens is 2. The summed E-state index contributed by atoms with van der Waals surface area (Å²) in [6, 6.07) is 0. The Morgan fingerprint density at radius 3 is 2.67 bits per heavy atom. The lowest BCUT2D eigenvalue weighted by atomic mass is 10.0. The van der Waals surface area contributed by atoms with Gasteiger partial charge in [-0.25, -0.2) is 0 Å². The number of carbonyl (C=O) groups excluding carboxylic acids is 1. The molecule has 15 heavy (non-hydrogen) atoms. The normalized spacial score (nSPS) is 11.5. The fourth-order valence-electron chi connectivity index (χ4n) is 1.02. The summed E-state index contributed by atoms with van der Waals surface area (Å²) in [5, 5.41) is 11.9. The van der Waals surface area contributed by atoms with Gasteiger partial charge in [-0.2, -0.15) is 0 Å². The highest BCUT2D eigenvalue weighted by Gasteiger charge is 2.17. The predicted octanol–water partition coefficient (Wildman–Crippen LogP) is 1.17. The highest BCUT2D eigenvalue weighted by Crippen LogP contribution is 2.16. The number of nitrogens with two attached hydrogens (primary N) is 1. The van der Waals surface area contributed by atoms with Crippen LogP contribution in [0.3, 0.4) is 0 Å². The molecule has 0 spiro atoms. The molecule has 0 aliphatic carbocycles. The van der Waals surface area contributed by atoms with E-state index in [9.17, 15) is 4.79 Å². The van der Waals surface area contributed by atoms with Crippen molar-refractivity contribution in [1.29, 1.82) is 0 Å². The van der Waals surface area contributed by atoms with Gasteiger partial charge in [0.2, 0.25) is 11.0 Å². The van der Waals surface area contributed by atoms with Gasteiger partial charge in [0.25, 0.3) is 0 Å². The average molecular weight is 228 g/mol. The standard InChI is InChI=1S/C9H16N4OS/c1-4-7-12-13-8(15-7)11-6(14)5-9(2,3)10/h4-5,10H2,1-3H3,(H,11,13,14). The first-order chi connectivity index (χ1) is 6.90. The van der Waals surface area contributed by atoms with E-state index in [0.717, 1.165) is 11.4 Å². The number of carbonyl (C=O) groups is 1. The molecule has 0 atom stereocenters. The molecule has 1 heterocycles. The summed E-state index contributed by atoms with van der Waals surface area (Å²) in [5.74, 6) is -0.124. The number of hydrogen-bond acceptors (Lipinski definition) is 5. The van der Waals surface area contributed by atoms with E-state index in [1.54, 1.807) is 0 Å². The summed E-state index contributed by atoms with van der Waals surface area (Å²) in [6.45, 7) is 5.61. The Balaban J connectivity index is 2.51. The SMILES string of the molecule is CCc1nnc(NC(=O)CC(C)(C)N)s1. The van der Waals surface area contributed by atoms with Crippen LogP contribution >= 0.6 is 11.3 Å². The molecule has 0 fully saturated rings. The van der Waals surface area contributed by atoms with E-state index in [4.69, 9.17) is 5.73 Å². The van der Waals surface area contributed by atoms with Gasteiger partial charge in [0.15, 0.2) is 0 Å². The monoisotopic (exact) mass is 228 g/mol. The van der Waals surface area contributed by atoms with Crippen LogP contribution in [0.1, 0.15) is 32.2 Å². The first-order valence-corrected chi connectivity index (χ1v) is 5.63. The van der Waals surface area contributed by atoms with Gasteiger partial charge in [-0.3, -0.25) is 4.79 Å². The fraction of sp³-hybridized carbons (Fsp3) is 0.667. The molecular weight excluding hydrogens is 212 g/mol. The molecular formula is C9H16N4OS. The van der Waals surface area contributed by atoms with Crippen molar-refractivity contribution in [2.75, 3.05) is 5.32 Å². The zero-order chi connectivity index (χ0) is 11.5. The molecule has 0 radical (unpaired) electrons. The smallest absolute Gasteiger partial charge is 0.228 e. The quantitative estimate of drug-likeness (QED) is 0.810. The van der Waals surface area contributed by atoms with Gasteiger partial charge in [0.05, 0.1) is 0 Å². The highest BCUT2D eigenvalue weighted by atomic mass is 32.1. The minimum absolute atomic E-state index is 0.124. The van der Waals surface area contributed by atoms with Crippen molar-refractivity contribution in [3.63, 3.8) is 0 Å². The first kappa shape index (κ1) is 12.1. The van der Waals surface area contributed by atoms with E-state index in [1.807, 2.05) is 20.8 Å². The van der Waals surface area contributed by atoms with Crippen molar-refractivity contribution in [3.8, 4) is 0 Å². The topological polar surface area (TPSA) is 80.9 Å². The molecule has 5 nitrogen and oxygen atoms in total. The van der Waals surface area contributed by atoms with Crippen LogP contribution in [-0.4, -0.2) is 21.6 Å². The molecule has 1 amide bonds. The van der Waals surface area contributed by atoms with Crippen LogP contribution in [0.25, 0.3) is 0 Å². The second-order valence-electron chi connectivity index (χ2n) is 4.07. The molecule has 0 bridgehead atoms. The van der Waals surface area contributed by atoms with Crippen molar-refractivity contribution < 1.29 is 4.79 Å². The molecule has 0 aliphatic heterocycles. The van der Waals surface area contributed by atoms with E-state index >= 15 is 0 Å². The van der Waals surface area contributed by atoms with Crippen LogP contribution in [0.5, 0.6) is 0 Å². The molecule has 1 rings (SSSR count). The summed E-state index contributed by atoms with van der Waals surface area (Å²) in [4.78, 5) is 11.5. The number of nitrogens with zero attached hydrogens (tertiary/aromatic N) is 2. The number of rotatable bonds is 4. The van der Waals surface area contributed by atoms with Gasteiger partial charge in [0, 0.05) is 12.0 Å². The zero-order valence-electron chi connectivity index (χ0n) is 9.20. The van der Waals surface area contributed by atoms with Crippen LogP contribution in [0.15, 0.2) is 0 Å². The van der Waals surface area contributed by atoms with Gasteiger partial charge in [-0.1, -0.05) is 18.3 Å². The molecule has 1 aromatic heterocycles. The third-order valence-corrected chi connectivity index (χ3v) is 2.61. The summed E-state index contributed by atoms with van der Waals surface area (Å²) in [5.41, 5.74) is 5.23. The minimum Gasteiger partial charge on any atom is -0.325 e. The molecule has 84 valence electrons. The third kappa shape index (κ3) is 4.35. The van der Waals surface area contributed by atoms with Crippen molar-refractivity contribution in [2.45, 2.75) is 39.2 Å². The van der Waals surface area contributed by atoms with Crippen LogP contribution in [0, 0.1) is 0 Å². The second kappa shape index (κ2) is 4.67. The second-order valence-corrected chi connectivity index (χ2v) is 5.13. The summed E-state index contributed by atoms with van der Waals surface area (Å²) < 4.78 is 0. The zero-order valence-corrected chi connectivity index (χ0v) is 10.0. The molecule has 3 N–H and O–H groups in total. The third-order valence-electron chi connectivity index (χ3n) is 1.63. The fourth-order valence-corrected chi connectivity index (χ4v) is 1.72. The molecule has 0 unspecified atom stereocenters. The van der Waals surface area contributed by atoms with Crippen molar-refractivity contribution >= 4 is 22.4 Å². The van der Waals surface area contributed by atoms with Gasteiger partial charge < -0.3 is 11.1 Å². The van der Waals surface area contributed by atoms with Crippen LogP contribution in [0.2, 0.25) is 0 Å². The van der Waals surface area contributed by atoms with E-state index in [0.29, 0.717) is 5.13 Å². The van der Waals surface area contributed by atoms with Crippen LogP contribution in [0.4, 0.5) is 5.13 Å². The maximum Gasteiger partial charge on any atom is 0.228 e. The van der Waals surface area contributed by atoms with Crippen molar-refractivity contribution in [3.05, 3.63) is 5.01 Å². The molecule has 6 heteroatoms. The lowest BCUT2D eigenvalue weighted by Crippen LogP contribution is -2.36. The van der Waals surface area contributed by atoms with E-state index in [2.05, 4.69) is 15.5 Å². The van der Waals surface area contributed by atoms with Gasteiger partial charge in [-0.15, -0.1) is 10.2 Å². The van der Waals surface area contributed by atoms with E-state index in [1.165, 1.54) is 11.3 Å². The van der Waals surface area contributed by atoms with Gasteiger partial charge in [0.1, 0.15) is 5.01 Å². The largest absolute Gasteiger partial charge is 0.325 e. The summed E-state index contributed by atoms with van der Waals surface area (Å²) in [7, 11) is 0. The predicted molar refractivity (Wildman–Crippen MR) is 60.8 cm³/mol. The molecule has 0 saturated carbocycles. The highest BCUT2D eigenvalue weighted by molar-refractivity contribution is 7.15. The number of hydrogen-bond donors (Lipinski definition) is 2. The number of anilines is 1. The van der Waals surface area contributed by atoms with E-state index < -0.39 is 5.54 Å². The first-order valence-electron chi connectivity index (χ1n) is 4.82. The Bertz CT molecular complexity index is 342. The van der Waals surface area contributed by atoms with Gasteiger partial charge >= 0.3 is 0 Å². The maximum atomic E-state index is 11.5. The Morgan fingerprint density at radius 2 is 2.20 bits per heavy atom. The number of amides is 1. The number of nitrogens with one attached hydrogen (secondary N) is 1. The summed E-state index contributed by atoms with van der Waals surface area (Å²) in [6.07, 6.45) is 1.10. The van der Waals surface area contributed by atoms with Crippen molar-refractivity contribution in [1.82, 2.24) is 10.2 Å². The average Bonchev–Trinajstić information content (AvgIpc) is 2.48. The Labute approximate surface area is 93.1 Å². The van der Waals surface area contributed by atoms with E-state index in [-0.39, 0.29) is 12.3 Å². The Kier molecular flexibility index (Phi) is 3.76. The molecule has 1 aromatic rings. The lowest BCUT2D eigenvalue weighted by molar-refractivity contribution is -0.117. The molecule has 0 aliphatic rings. The number of aryl methyl sites for hydroxylation is 1. The minimum atomic E-state index is -0.498. The van der Waals surface area contributed by atoms with Crippen LogP contribution < -0.4 is 11.1 Å².